The van der Waals surface area contributed by atoms with Crippen molar-refractivity contribution in [1.82, 2.24) is 4.90 Å². The fraction of sp³-hybridized carbons (Fsp3) is 0.784. The van der Waals surface area contributed by atoms with Crippen molar-refractivity contribution in [2.45, 2.75) is 148 Å². The molecule has 1 saturated heterocycles. The van der Waals surface area contributed by atoms with Crippen LogP contribution in [0.4, 0.5) is 5.69 Å². The molecule has 0 aromatic heterocycles. The molecule has 0 bridgehead atoms. The van der Waals surface area contributed by atoms with Crippen molar-refractivity contribution >= 4 is 5.69 Å². The van der Waals surface area contributed by atoms with Crippen LogP contribution < -0.4 is 9.64 Å². The number of benzene rings is 1. The Hall–Kier alpha value is -1.48. The van der Waals surface area contributed by atoms with Crippen molar-refractivity contribution in [3.63, 3.8) is 0 Å². The molecule has 1 aromatic rings. The van der Waals surface area contributed by atoms with Crippen molar-refractivity contribution in [2.75, 3.05) is 44.2 Å². The number of anilines is 1. The molecular weight excluding hydrogens is 488 g/mol. The highest BCUT2D eigenvalue weighted by atomic mass is 16.5. The summed E-state index contributed by atoms with van der Waals surface area (Å²) in [7, 11) is 0. The Morgan fingerprint density at radius 2 is 1.07 bits per heavy atom. The van der Waals surface area contributed by atoms with Gasteiger partial charge in [0.15, 0.2) is 0 Å². The van der Waals surface area contributed by atoms with Crippen molar-refractivity contribution in [1.29, 1.82) is 0 Å². The van der Waals surface area contributed by atoms with Crippen LogP contribution in [0.25, 0.3) is 0 Å². The lowest BCUT2D eigenvalue weighted by molar-refractivity contribution is 0.252. The zero-order chi connectivity index (χ0) is 28.4. The zero-order valence-electron chi connectivity index (χ0n) is 26.7. The second kappa shape index (κ2) is 25.2. The number of allylic oxidation sites excluding steroid dienone is 1. The number of nitrogens with zero attached hydrogens (tertiary/aromatic N) is 2. The first-order valence-corrected chi connectivity index (χ1v) is 17.6. The van der Waals surface area contributed by atoms with E-state index in [4.69, 9.17) is 4.74 Å². The number of piperazine rings is 1. The van der Waals surface area contributed by atoms with Gasteiger partial charge in [0, 0.05) is 31.9 Å². The van der Waals surface area contributed by atoms with E-state index in [9.17, 15) is 0 Å². The minimum Gasteiger partial charge on any atom is -0.494 e. The quantitative estimate of drug-likeness (QED) is 0.0794. The third kappa shape index (κ3) is 18.1. The number of hydrogen-bond donors (Lipinski definition) is 0. The minimum atomic E-state index is 0.837. The van der Waals surface area contributed by atoms with Gasteiger partial charge >= 0.3 is 0 Å². The highest BCUT2D eigenvalue weighted by molar-refractivity contribution is 5.49. The van der Waals surface area contributed by atoms with Crippen molar-refractivity contribution < 1.29 is 4.74 Å². The van der Waals surface area contributed by atoms with E-state index in [1.54, 1.807) is 0 Å². The molecule has 0 N–H and O–H groups in total. The summed E-state index contributed by atoms with van der Waals surface area (Å²) >= 11 is 0. The maximum Gasteiger partial charge on any atom is 0.119 e. The van der Waals surface area contributed by atoms with Crippen LogP contribution in [0.1, 0.15) is 148 Å². The van der Waals surface area contributed by atoms with Gasteiger partial charge in [0.1, 0.15) is 5.75 Å². The number of ether oxygens (including phenoxy) is 1. The predicted molar refractivity (Wildman–Crippen MR) is 178 cm³/mol. The molecule has 0 spiro atoms. The molecule has 1 aromatic carbocycles. The number of rotatable bonds is 27. The standard InChI is InChI=1S/C37H66N2O/c1-3-5-7-9-11-13-14-15-16-17-18-19-20-22-24-30-38-31-33-39(34-32-38)36-26-28-37(29-27-36)40-35-25-23-21-12-10-8-6-4-2/h4,26-29H,2-3,5-25,30-35H2,1H3. The van der Waals surface area contributed by atoms with Crippen LogP contribution in [-0.2, 0) is 0 Å². The van der Waals surface area contributed by atoms with Crippen LogP contribution in [0.2, 0.25) is 0 Å². The normalized spacial score (nSPS) is 14.1. The fourth-order valence-electron chi connectivity index (χ4n) is 5.98. The molecule has 3 heteroatoms. The van der Waals surface area contributed by atoms with Gasteiger partial charge in [-0.05, 0) is 56.5 Å². The Labute approximate surface area is 250 Å². The van der Waals surface area contributed by atoms with Crippen LogP contribution >= 0.6 is 0 Å². The van der Waals surface area contributed by atoms with Gasteiger partial charge in [-0.25, -0.2) is 0 Å². The molecule has 0 saturated carbocycles. The molecule has 3 nitrogen and oxygen atoms in total. The van der Waals surface area contributed by atoms with E-state index in [-0.39, 0.29) is 0 Å². The molecule has 2 rings (SSSR count). The van der Waals surface area contributed by atoms with Gasteiger partial charge < -0.3 is 9.64 Å². The average Bonchev–Trinajstić information content (AvgIpc) is 2.99. The molecule has 0 aliphatic carbocycles. The molecule has 40 heavy (non-hydrogen) atoms. The van der Waals surface area contributed by atoms with Crippen molar-refractivity contribution in [2.24, 2.45) is 0 Å². The van der Waals surface area contributed by atoms with E-state index in [0.29, 0.717) is 0 Å². The second-order valence-electron chi connectivity index (χ2n) is 12.3. The van der Waals surface area contributed by atoms with Gasteiger partial charge in [0.05, 0.1) is 6.61 Å². The van der Waals surface area contributed by atoms with Gasteiger partial charge in [-0.2, -0.15) is 0 Å². The Morgan fingerprint density at radius 1 is 0.600 bits per heavy atom. The highest BCUT2D eigenvalue weighted by Crippen LogP contribution is 2.21. The van der Waals surface area contributed by atoms with E-state index in [1.807, 2.05) is 6.08 Å². The van der Waals surface area contributed by atoms with Crippen molar-refractivity contribution in [3.8, 4) is 5.75 Å². The number of hydrogen-bond acceptors (Lipinski definition) is 3. The summed E-state index contributed by atoms with van der Waals surface area (Å²) in [6.07, 6.45) is 32.5. The van der Waals surface area contributed by atoms with Crippen LogP contribution in [-0.4, -0.2) is 44.2 Å². The first-order valence-electron chi connectivity index (χ1n) is 17.6. The first-order chi connectivity index (χ1) is 19.8. The molecule has 1 aliphatic rings. The molecule has 0 unspecified atom stereocenters. The first kappa shape index (κ1) is 34.7. The average molecular weight is 555 g/mol. The van der Waals surface area contributed by atoms with Crippen LogP contribution in [0.15, 0.2) is 36.9 Å². The maximum atomic E-state index is 5.99. The summed E-state index contributed by atoms with van der Waals surface area (Å²) in [5, 5.41) is 0. The summed E-state index contributed by atoms with van der Waals surface area (Å²) in [4.78, 5) is 5.22. The van der Waals surface area contributed by atoms with Gasteiger partial charge in [-0.1, -0.05) is 129 Å². The molecule has 0 radical (unpaired) electrons. The van der Waals surface area contributed by atoms with E-state index < -0.39 is 0 Å². The SMILES string of the molecule is C=CCCCCCCCCOc1ccc(N2CCN(CCCCCCCCCCCCCCCCC)CC2)cc1. The molecule has 1 aliphatic heterocycles. The molecule has 230 valence electrons. The third-order valence-corrected chi connectivity index (χ3v) is 8.72. The van der Waals surface area contributed by atoms with Gasteiger partial charge in [0.25, 0.3) is 0 Å². The third-order valence-electron chi connectivity index (χ3n) is 8.72. The minimum absolute atomic E-state index is 0.837. The van der Waals surface area contributed by atoms with E-state index >= 15 is 0 Å². The topological polar surface area (TPSA) is 15.7 Å². The summed E-state index contributed by atoms with van der Waals surface area (Å²) in [6, 6.07) is 8.82. The van der Waals surface area contributed by atoms with E-state index in [1.165, 1.54) is 154 Å². The molecule has 1 fully saturated rings. The fourth-order valence-corrected chi connectivity index (χ4v) is 5.98. The molecule has 0 amide bonds. The van der Waals surface area contributed by atoms with Crippen molar-refractivity contribution in [3.05, 3.63) is 36.9 Å². The monoisotopic (exact) mass is 555 g/mol. The molecule has 0 atom stereocenters. The zero-order valence-corrected chi connectivity index (χ0v) is 26.7. The van der Waals surface area contributed by atoms with Gasteiger partial charge in [-0.15, -0.1) is 6.58 Å². The summed E-state index contributed by atoms with van der Waals surface area (Å²) < 4.78 is 5.99. The molecular formula is C37H66N2O. The van der Waals surface area contributed by atoms with Gasteiger partial charge in [0.2, 0.25) is 0 Å². The van der Waals surface area contributed by atoms with Crippen LogP contribution in [0.5, 0.6) is 5.75 Å². The largest absolute Gasteiger partial charge is 0.494 e. The lowest BCUT2D eigenvalue weighted by Gasteiger charge is -2.36. The maximum absolute atomic E-state index is 5.99. The summed E-state index contributed by atoms with van der Waals surface area (Å²) in [5.74, 6) is 1.02. The van der Waals surface area contributed by atoms with Gasteiger partial charge in [-0.3, -0.25) is 4.90 Å². The predicted octanol–water partition coefficient (Wildman–Crippen LogP) is 11.0. The van der Waals surface area contributed by atoms with Crippen LogP contribution in [0.3, 0.4) is 0 Å². The molecule has 1 heterocycles. The smallest absolute Gasteiger partial charge is 0.119 e. The second-order valence-corrected chi connectivity index (χ2v) is 12.3. The Bertz CT molecular complexity index is 680. The van der Waals surface area contributed by atoms with Crippen LogP contribution in [0, 0.1) is 0 Å². The highest BCUT2D eigenvalue weighted by Gasteiger charge is 2.16. The number of unbranched alkanes of at least 4 members (excludes halogenated alkanes) is 20. The lowest BCUT2D eigenvalue weighted by atomic mass is 10.0. The van der Waals surface area contributed by atoms with E-state index in [0.717, 1.165) is 38.3 Å². The Balaban J connectivity index is 1.38. The lowest BCUT2D eigenvalue weighted by Crippen LogP contribution is -2.46. The summed E-state index contributed by atoms with van der Waals surface area (Å²) in [6.45, 7) is 12.9. The Kier molecular flexibility index (Phi) is 21.9. The summed E-state index contributed by atoms with van der Waals surface area (Å²) in [5.41, 5.74) is 1.35. The Morgan fingerprint density at radius 3 is 1.60 bits per heavy atom. The van der Waals surface area contributed by atoms with E-state index in [2.05, 4.69) is 47.6 Å².